The van der Waals surface area contributed by atoms with Crippen LogP contribution in [0.25, 0.3) is 0 Å². The fraction of sp³-hybridized carbons (Fsp3) is 0.720. The smallest absolute Gasteiger partial charge is 0.338 e. The van der Waals surface area contributed by atoms with E-state index in [1.165, 1.54) is 19.3 Å². The molecule has 0 fully saturated rings. The zero-order valence-corrected chi connectivity index (χ0v) is 20.2. The van der Waals surface area contributed by atoms with Crippen molar-refractivity contribution in [3.63, 3.8) is 0 Å². The average molecular weight is 471 g/mol. The summed E-state index contributed by atoms with van der Waals surface area (Å²) < 4.78 is 37.8. The summed E-state index contributed by atoms with van der Waals surface area (Å²) in [6.07, 6.45) is 4.89. The zero-order chi connectivity index (χ0) is 23.7. The number of rotatable bonds is 24. The van der Waals surface area contributed by atoms with Crippen LogP contribution < -0.4 is 0 Å². The van der Waals surface area contributed by atoms with Crippen molar-refractivity contribution in [3.05, 3.63) is 35.9 Å². The number of unbranched alkanes of at least 4 members (excludes halogenated alkanes) is 3. The van der Waals surface area contributed by atoms with Gasteiger partial charge in [0.05, 0.1) is 78.2 Å². The zero-order valence-electron chi connectivity index (χ0n) is 20.2. The van der Waals surface area contributed by atoms with Gasteiger partial charge in [-0.3, -0.25) is 0 Å². The molecule has 0 radical (unpaired) electrons. The number of ether oxygens (including phenoxy) is 7. The van der Waals surface area contributed by atoms with Crippen LogP contribution in [0.2, 0.25) is 0 Å². The van der Waals surface area contributed by atoms with Crippen LogP contribution in [0.5, 0.6) is 0 Å². The first kappa shape index (κ1) is 29.5. The third-order valence-corrected chi connectivity index (χ3v) is 4.47. The number of carbonyl (C=O) groups excluding carboxylic acids is 1. The first-order valence-corrected chi connectivity index (χ1v) is 12.0. The van der Waals surface area contributed by atoms with Crippen molar-refractivity contribution in [1.29, 1.82) is 0 Å². The quantitative estimate of drug-likeness (QED) is 0.168. The minimum absolute atomic E-state index is 0.217. The molecular formula is C25H42O8. The second-order valence-corrected chi connectivity index (χ2v) is 7.24. The number of carbonyl (C=O) groups is 1. The maximum Gasteiger partial charge on any atom is 0.338 e. The molecule has 0 bridgehead atoms. The molecule has 0 heterocycles. The maximum absolute atomic E-state index is 11.7. The van der Waals surface area contributed by atoms with Gasteiger partial charge in [0.1, 0.15) is 6.61 Å². The van der Waals surface area contributed by atoms with E-state index in [0.29, 0.717) is 78.2 Å². The molecule has 0 unspecified atom stereocenters. The highest BCUT2D eigenvalue weighted by molar-refractivity contribution is 5.89. The standard InChI is InChI=1S/C25H42O8/c1-2-3-4-8-11-27-12-13-28-14-15-29-16-17-30-18-19-31-20-21-32-22-23-33-25(26)24-9-6-5-7-10-24/h5-7,9-10H,2-4,8,11-23H2,1H3. The molecule has 0 aliphatic heterocycles. The predicted octanol–water partition coefficient (Wildman–Crippen LogP) is 3.52. The van der Waals surface area contributed by atoms with Crippen molar-refractivity contribution in [3.8, 4) is 0 Å². The Kier molecular flexibility index (Phi) is 21.1. The van der Waals surface area contributed by atoms with Crippen LogP contribution in [0.1, 0.15) is 43.0 Å². The second-order valence-electron chi connectivity index (χ2n) is 7.24. The van der Waals surface area contributed by atoms with Gasteiger partial charge in [-0.25, -0.2) is 4.79 Å². The molecule has 0 aliphatic carbocycles. The Labute approximate surface area is 198 Å². The van der Waals surface area contributed by atoms with E-state index in [0.717, 1.165) is 13.0 Å². The largest absolute Gasteiger partial charge is 0.460 e. The molecule has 0 N–H and O–H groups in total. The van der Waals surface area contributed by atoms with Crippen LogP contribution >= 0.6 is 0 Å². The van der Waals surface area contributed by atoms with Gasteiger partial charge in [0.2, 0.25) is 0 Å². The minimum atomic E-state index is -0.345. The van der Waals surface area contributed by atoms with Gasteiger partial charge in [-0.15, -0.1) is 0 Å². The van der Waals surface area contributed by atoms with Gasteiger partial charge in [0.15, 0.2) is 0 Å². The van der Waals surface area contributed by atoms with E-state index in [2.05, 4.69) is 6.92 Å². The van der Waals surface area contributed by atoms with Gasteiger partial charge in [-0.1, -0.05) is 44.4 Å². The molecule has 190 valence electrons. The lowest BCUT2D eigenvalue weighted by atomic mass is 10.2. The van der Waals surface area contributed by atoms with E-state index in [1.807, 2.05) is 6.07 Å². The molecule has 8 heteroatoms. The normalized spacial score (nSPS) is 11.1. The lowest BCUT2D eigenvalue weighted by Crippen LogP contribution is -2.15. The topological polar surface area (TPSA) is 81.7 Å². The molecule has 1 aromatic carbocycles. The van der Waals surface area contributed by atoms with Crippen LogP contribution in [0.15, 0.2) is 30.3 Å². The molecule has 33 heavy (non-hydrogen) atoms. The summed E-state index contributed by atoms with van der Waals surface area (Å²) in [6, 6.07) is 8.88. The summed E-state index contributed by atoms with van der Waals surface area (Å²) in [6.45, 7) is 8.89. The third-order valence-electron chi connectivity index (χ3n) is 4.47. The second kappa shape index (κ2) is 23.6. The molecule has 0 amide bonds. The van der Waals surface area contributed by atoms with Crippen LogP contribution in [0.4, 0.5) is 0 Å². The Morgan fingerprint density at radius 2 is 0.970 bits per heavy atom. The van der Waals surface area contributed by atoms with Gasteiger partial charge in [-0.05, 0) is 18.6 Å². The molecule has 0 saturated heterocycles. The van der Waals surface area contributed by atoms with Gasteiger partial charge < -0.3 is 33.2 Å². The van der Waals surface area contributed by atoms with Crippen molar-refractivity contribution in [2.45, 2.75) is 32.6 Å². The fourth-order valence-corrected chi connectivity index (χ4v) is 2.68. The Morgan fingerprint density at radius 1 is 0.545 bits per heavy atom. The van der Waals surface area contributed by atoms with Crippen LogP contribution in [0.3, 0.4) is 0 Å². The average Bonchev–Trinajstić information content (AvgIpc) is 2.85. The summed E-state index contributed by atoms with van der Waals surface area (Å²) in [5, 5.41) is 0. The molecule has 0 spiro atoms. The van der Waals surface area contributed by atoms with Crippen LogP contribution in [0, 0.1) is 0 Å². The molecular weight excluding hydrogens is 428 g/mol. The molecule has 0 atom stereocenters. The third kappa shape index (κ3) is 19.6. The van der Waals surface area contributed by atoms with Crippen LogP contribution in [-0.2, 0) is 33.2 Å². The van der Waals surface area contributed by atoms with Crippen molar-refractivity contribution in [2.24, 2.45) is 0 Å². The SMILES string of the molecule is CCCCCCOCCOCCOCCOCCOCCOCCOC(=O)c1ccccc1. The first-order valence-electron chi connectivity index (χ1n) is 12.0. The van der Waals surface area contributed by atoms with Gasteiger partial charge in [0.25, 0.3) is 0 Å². The molecule has 8 nitrogen and oxygen atoms in total. The predicted molar refractivity (Wildman–Crippen MR) is 126 cm³/mol. The Bertz CT molecular complexity index is 540. The van der Waals surface area contributed by atoms with Gasteiger partial charge >= 0.3 is 5.97 Å². The van der Waals surface area contributed by atoms with E-state index in [4.69, 9.17) is 33.2 Å². The van der Waals surface area contributed by atoms with E-state index in [1.54, 1.807) is 24.3 Å². The minimum Gasteiger partial charge on any atom is -0.460 e. The number of hydrogen-bond donors (Lipinski definition) is 0. The summed E-state index contributed by atoms with van der Waals surface area (Å²) in [5.74, 6) is -0.345. The monoisotopic (exact) mass is 470 g/mol. The van der Waals surface area contributed by atoms with E-state index in [-0.39, 0.29) is 12.6 Å². The Balaban J connectivity index is 1.69. The van der Waals surface area contributed by atoms with Crippen molar-refractivity contribution < 1.29 is 38.0 Å². The maximum atomic E-state index is 11.7. The first-order chi connectivity index (χ1) is 16.3. The van der Waals surface area contributed by atoms with Gasteiger partial charge in [-0.2, -0.15) is 0 Å². The Morgan fingerprint density at radius 3 is 1.42 bits per heavy atom. The summed E-state index contributed by atoms with van der Waals surface area (Å²) in [7, 11) is 0. The Hall–Kier alpha value is -1.55. The highest BCUT2D eigenvalue weighted by Crippen LogP contribution is 2.01. The van der Waals surface area contributed by atoms with E-state index in [9.17, 15) is 4.79 Å². The summed E-state index contributed by atoms with van der Waals surface area (Å²) >= 11 is 0. The molecule has 1 aromatic rings. The van der Waals surface area contributed by atoms with Crippen molar-refractivity contribution in [1.82, 2.24) is 0 Å². The number of benzene rings is 1. The molecule has 0 aromatic heterocycles. The van der Waals surface area contributed by atoms with Crippen molar-refractivity contribution >= 4 is 5.97 Å². The molecule has 1 rings (SSSR count). The van der Waals surface area contributed by atoms with Crippen LogP contribution in [-0.4, -0.2) is 91.9 Å². The van der Waals surface area contributed by atoms with Crippen molar-refractivity contribution in [2.75, 3.05) is 85.9 Å². The summed E-state index contributed by atoms with van der Waals surface area (Å²) in [5.41, 5.74) is 0.536. The highest BCUT2D eigenvalue weighted by Gasteiger charge is 2.05. The lowest BCUT2D eigenvalue weighted by Gasteiger charge is -2.08. The number of hydrogen-bond acceptors (Lipinski definition) is 8. The van der Waals surface area contributed by atoms with Gasteiger partial charge in [0, 0.05) is 6.61 Å². The molecule has 0 aliphatic rings. The highest BCUT2D eigenvalue weighted by atomic mass is 16.6. The van der Waals surface area contributed by atoms with E-state index >= 15 is 0 Å². The lowest BCUT2D eigenvalue weighted by molar-refractivity contribution is -0.0194. The van der Waals surface area contributed by atoms with E-state index < -0.39 is 0 Å². The fourth-order valence-electron chi connectivity index (χ4n) is 2.68. The summed E-state index contributed by atoms with van der Waals surface area (Å²) in [4.78, 5) is 11.7. The molecule has 0 saturated carbocycles. The number of esters is 1.